The highest BCUT2D eigenvalue weighted by Gasteiger charge is 2.30. The lowest BCUT2D eigenvalue weighted by molar-refractivity contribution is 0.0478. The minimum absolute atomic E-state index is 0.271. The van der Waals surface area contributed by atoms with Gasteiger partial charge in [0.1, 0.15) is 11.9 Å². The normalized spacial score (nSPS) is 19.1. The van der Waals surface area contributed by atoms with Gasteiger partial charge in [-0.2, -0.15) is 5.26 Å². The second-order valence-electron chi connectivity index (χ2n) is 2.65. The van der Waals surface area contributed by atoms with E-state index in [1.54, 1.807) is 6.07 Å². The molecule has 1 aliphatic rings. The summed E-state index contributed by atoms with van der Waals surface area (Å²) in [4.78, 5) is 11.1. The fourth-order valence-electron chi connectivity index (χ4n) is 1.27. The predicted molar refractivity (Wildman–Crippen MR) is 40.2 cm³/mol. The van der Waals surface area contributed by atoms with Crippen LogP contribution in [0.5, 0.6) is 0 Å². The zero-order valence-corrected chi connectivity index (χ0v) is 6.45. The minimum Gasteiger partial charge on any atom is -0.438 e. The smallest absolute Gasteiger partial charge is 0.340 e. The highest BCUT2D eigenvalue weighted by Crippen LogP contribution is 2.30. The van der Waals surface area contributed by atoms with Gasteiger partial charge in [0.25, 0.3) is 0 Å². The van der Waals surface area contributed by atoms with Gasteiger partial charge in [0, 0.05) is 5.56 Å². The number of nitrogens with zero attached hydrogens (tertiary/aromatic N) is 1. The Morgan fingerprint density at radius 3 is 3.00 bits per heavy atom. The van der Waals surface area contributed by atoms with E-state index in [1.807, 2.05) is 0 Å². The van der Waals surface area contributed by atoms with Crippen LogP contribution < -0.4 is 0 Å². The molecule has 0 bridgehead atoms. The molecular formula is C9H4FNO2. The average molecular weight is 177 g/mol. The Labute approximate surface area is 73.4 Å². The van der Waals surface area contributed by atoms with Crippen molar-refractivity contribution in [3.63, 3.8) is 0 Å². The summed E-state index contributed by atoms with van der Waals surface area (Å²) in [7, 11) is 0. The van der Waals surface area contributed by atoms with E-state index in [0.717, 1.165) is 6.07 Å². The van der Waals surface area contributed by atoms with E-state index in [2.05, 4.69) is 4.74 Å². The van der Waals surface area contributed by atoms with Crippen molar-refractivity contribution < 1.29 is 13.9 Å². The van der Waals surface area contributed by atoms with Crippen LogP contribution in [0.4, 0.5) is 4.39 Å². The zero-order chi connectivity index (χ0) is 9.42. The third kappa shape index (κ3) is 1.05. The third-order valence-electron chi connectivity index (χ3n) is 1.86. The second kappa shape index (κ2) is 2.56. The molecule has 1 aliphatic heterocycles. The summed E-state index contributed by atoms with van der Waals surface area (Å²) in [5, 5.41) is 8.57. The van der Waals surface area contributed by atoms with E-state index >= 15 is 0 Å². The minimum atomic E-state index is -0.960. The molecule has 0 N–H and O–H groups in total. The number of carbonyl (C=O) groups is 1. The molecule has 13 heavy (non-hydrogen) atoms. The summed E-state index contributed by atoms with van der Waals surface area (Å²) in [5.74, 6) is -1.04. The van der Waals surface area contributed by atoms with E-state index < -0.39 is 17.9 Å². The number of fused-ring (bicyclic) bond motifs is 1. The number of cyclic esters (lactones) is 1. The molecule has 0 amide bonds. The number of benzene rings is 1. The quantitative estimate of drug-likeness (QED) is 0.565. The van der Waals surface area contributed by atoms with E-state index in [-0.39, 0.29) is 5.56 Å². The second-order valence-corrected chi connectivity index (χ2v) is 2.65. The molecule has 1 heterocycles. The monoisotopic (exact) mass is 177 g/mol. The topological polar surface area (TPSA) is 50.1 Å². The van der Waals surface area contributed by atoms with Gasteiger partial charge in [-0.25, -0.2) is 9.18 Å². The molecule has 1 atom stereocenters. The zero-order valence-electron chi connectivity index (χ0n) is 6.45. The Balaban J connectivity index is 2.61. The van der Waals surface area contributed by atoms with Gasteiger partial charge in [-0.1, -0.05) is 0 Å². The Morgan fingerprint density at radius 1 is 1.54 bits per heavy atom. The van der Waals surface area contributed by atoms with Crippen LogP contribution in [0.2, 0.25) is 0 Å². The molecular weight excluding hydrogens is 173 g/mol. The van der Waals surface area contributed by atoms with Crippen molar-refractivity contribution in [3.8, 4) is 6.07 Å². The van der Waals surface area contributed by atoms with Crippen LogP contribution in [0.3, 0.4) is 0 Å². The molecule has 0 saturated carbocycles. The van der Waals surface area contributed by atoms with E-state index in [0.29, 0.717) is 5.56 Å². The number of hydrogen-bond acceptors (Lipinski definition) is 3. The third-order valence-corrected chi connectivity index (χ3v) is 1.86. The van der Waals surface area contributed by atoms with Crippen LogP contribution in [0.1, 0.15) is 22.0 Å². The van der Waals surface area contributed by atoms with Gasteiger partial charge in [-0.15, -0.1) is 0 Å². The first-order valence-electron chi connectivity index (χ1n) is 3.62. The van der Waals surface area contributed by atoms with Crippen LogP contribution in [0.15, 0.2) is 18.2 Å². The summed E-state index contributed by atoms with van der Waals surface area (Å²) < 4.78 is 17.4. The van der Waals surface area contributed by atoms with E-state index in [9.17, 15) is 9.18 Å². The SMILES string of the molecule is N#CC1OC(=O)c2ccc(F)cc21. The van der Waals surface area contributed by atoms with Gasteiger partial charge >= 0.3 is 5.97 Å². The summed E-state index contributed by atoms with van der Waals surface area (Å²) in [6, 6.07) is 5.41. The molecule has 0 spiro atoms. The number of rotatable bonds is 0. The lowest BCUT2D eigenvalue weighted by Crippen LogP contribution is -1.95. The molecule has 0 aliphatic carbocycles. The molecule has 1 aromatic rings. The summed E-state index contributed by atoms with van der Waals surface area (Å²) >= 11 is 0. The first-order chi connectivity index (χ1) is 6.22. The molecule has 0 radical (unpaired) electrons. The van der Waals surface area contributed by atoms with Crippen molar-refractivity contribution in [2.45, 2.75) is 6.10 Å². The van der Waals surface area contributed by atoms with Gasteiger partial charge in [-0.05, 0) is 18.2 Å². The number of nitriles is 1. The van der Waals surface area contributed by atoms with Crippen molar-refractivity contribution in [1.29, 1.82) is 5.26 Å². The highest BCUT2D eigenvalue weighted by atomic mass is 19.1. The number of hydrogen-bond donors (Lipinski definition) is 0. The Morgan fingerprint density at radius 2 is 2.31 bits per heavy atom. The molecule has 0 saturated heterocycles. The first-order valence-corrected chi connectivity index (χ1v) is 3.62. The largest absolute Gasteiger partial charge is 0.438 e. The molecule has 64 valence electrons. The van der Waals surface area contributed by atoms with Crippen molar-refractivity contribution in [1.82, 2.24) is 0 Å². The Kier molecular flexibility index (Phi) is 1.52. The molecule has 4 heteroatoms. The lowest BCUT2D eigenvalue weighted by atomic mass is 10.1. The average Bonchev–Trinajstić information content (AvgIpc) is 2.42. The van der Waals surface area contributed by atoms with Gasteiger partial charge in [0.15, 0.2) is 0 Å². The molecule has 1 unspecified atom stereocenters. The summed E-state index contributed by atoms with van der Waals surface area (Å²) in [6.45, 7) is 0. The predicted octanol–water partition coefficient (Wildman–Crippen LogP) is 1.56. The van der Waals surface area contributed by atoms with Gasteiger partial charge < -0.3 is 4.74 Å². The first kappa shape index (κ1) is 7.74. The van der Waals surface area contributed by atoms with Crippen molar-refractivity contribution in [2.24, 2.45) is 0 Å². The number of ether oxygens (including phenoxy) is 1. The number of esters is 1. The van der Waals surface area contributed by atoms with E-state index in [1.165, 1.54) is 12.1 Å². The fraction of sp³-hybridized carbons (Fsp3) is 0.111. The van der Waals surface area contributed by atoms with Crippen LogP contribution in [-0.4, -0.2) is 5.97 Å². The van der Waals surface area contributed by atoms with Crippen molar-refractivity contribution in [3.05, 3.63) is 35.1 Å². The molecule has 2 rings (SSSR count). The maximum atomic E-state index is 12.7. The standard InChI is InChI=1S/C9H4FNO2/c10-5-1-2-6-7(3-5)8(4-11)13-9(6)12/h1-3,8H. The highest BCUT2D eigenvalue weighted by molar-refractivity contribution is 5.94. The maximum absolute atomic E-state index is 12.7. The van der Waals surface area contributed by atoms with Gasteiger partial charge in [0.2, 0.25) is 6.10 Å². The van der Waals surface area contributed by atoms with Crippen LogP contribution >= 0.6 is 0 Å². The molecule has 0 fully saturated rings. The fourth-order valence-corrected chi connectivity index (χ4v) is 1.27. The maximum Gasteiger partial charge on any atom is 0.340 e. The van der Waals surface area contributed by atoms with E-state index in [4.69, 9.17) is 5.26 Å². The number of halogens is 1. The summed E-state index contributed by atoms with van der Waals surface area (Å²) in [5.41, 5.74) is 0.584. The lowest BCUT2D eigenvalue weighted by Gasteiger charge is -1.97. The molecule has 3 nitrogen and oxygen atoms in total. The molecule has 1 aromatic carbocycles. The van der Waals surface area contributed by atoms with Crippen LogP contribution in [-0.2, 0) is 4.74 Å². The number of carbonyl (C=O) groups excluding carboxylic acids is 1. The van der Waals surface area contributed by atoms with Crippen LogP contribution in [0, 0.1) is 17.1 Å². The Bertz CT molecular complexity index is 422. The Hall–Kier alpha value is -1.89. The van der Waals surface area contributed by atoms with Gasteiger partial charge in [0.05, 0.1) is 5.56 Å². The van der Waals surface area contributed by atoms with Crippen molar-refractivity contribution in [2.75, 3.05) is 0 Å². The summed E-state index contributed by atoms with van der Waals surface area (Å²) in [6.07, 6.45) is -0.960. The van der Waals surface area contributed by atoms with Gasteiger partial charge in [-0.3, -0.25) is 0 Å². The molecule has 0 aromatic heterocycles. The van der Waals surface area contributed by atoms with Crippen LogP contribution in [0.25, 0.3) is 0 Å². The van der Waals surface area contributed by atoms with Crippen molar-refractivity contribution >= 4 is 5.97 Å².